The van der Waals surface area contributed by atoms with Gasteiger partial charge in [0.15, 0.2) is 0 Å². The Kier molecular flexibility index (Phi) is 1.88. The van der Waals surface area contributed by atoms with Gasteiger partial charge in [-0.15, -0.1) is 0 Å². The van der Waals surface area contributed by atoms with Gasteiger partial charge in [0.25, 0.3) is 0 Å². The first-order valence-corrected chi connectivity index (χ1v) is 4.27. The summed E-state index contributed by atoms with van der Waals surface area (Å²) in [6, 6.07) is 1.81. The number of hydrogen-bond acceptors (Lipinski definition) is 3. The van der Waals surface area contributed by atoms with Crippen molar-refractivity contribution in [3.8, 4) is 11.4 Å². The van der Waals surface area contributed by atoms with Crippen LogP contribution in [0.25, 0.3) is 11.4 Å². The van der Waals surface area contributed by atoms with E-state index in [0.717, 1.165) is 29.3 Å². The van der Waals surface area contributed by atoms with Crippen molar-refractivity contribution in [2.24, 2.45) is 0 Å². The summed E-state index contributed by atoms with van der Waals surface area (Å²) in [7, 11) is 0. The molecule has 0 bridgehead atoms. The molecule has 4 heteroatoms. The van der Waals surface area contributed by atoms with Crippen LogP contribution in [0.2, 0.25) is 0 Å². The van der Waals surface area contributed by atoms with Crippen LogP contribution in [0, 0.1) is 6.92 Å². The van der Waals surface area contributed by atoms with Crippen molar-refractivity contribution in [2.75, 3.05) is 0 Å². The van der Waals surface area contributed by atoms with E-state index in [1.165, 1.54) is 0 Å². The average molecular weight is 177 g/mol. The van der Waals surface area contributed by atoms with Crippen LogP contribution < -0.4 is 0 Å². The zero-order valence-electron chi connectivity index (χ0n) is 7.66. The Bertz CT molecular complexity index is 389. The molecule has 4 nitrogen and oxygen atoms in total. The minimum atomic E-state index is 0.786. The lowest BCUT2D eigenvalue weighted by molar-refractivity contribution is 0.422. The first kappa shape index (κ1) is 8.04. The smallest absolute Gasteiger partial charge is 0.134 e. The van der Waals surface area contributed by atoms with Crippen LogP contribution in [0.3, 0.4) is 0 Å². The fourth-order valence-corrected chi connectivity index (χ4v) is 1.27. The van der Waals surface area contributed by atoms with Crippen molar-refractivity contribution < 1.29 is 4.52 Å². The van der Waals surface area contributed by atoms with Crippen LogP contribution >= 0.6 is 0 Å². The maximum atomic E-state index is 4.76. The Morgan fingerprint density at radius 3 is 2.92 bits per heavy atom. The Morgan fingerprint density at radius 1 is 1.54 bits per heavy atom. The second-order valence-electron chi connectivity index (χ2n) is 2.90. The lowest BCUT2D eigenvalue weighted by atomic mass is 10.3. The molecule has 0 spiro atoms. The first-order valence-electron chi connectivity index (χ1n) is 4.27. The molecule has 2 rings (SSSR count). The number of imidazole rings is 1. The molecule has 1 N–H and O–H groups in total. The van der Waals surface area contributed by atoms with E-state index < -0.39 is 0 Å². The van der Waals surface area contributed by atoms with Gasteiger partial charge in [-0.25, -0.2) is 4.98 Å². The standard InChI is InChI=1S/C9H11N3O/c1-3-8-10-6(2)9(11-8)7-4-5-13-12-7/h4-5H,3H2,1-2H3,(H,10,11). The Balaban J connectivity index is 2.46. The molecule has 0 amide bonds. The van der Waals surface area contributed by atoms with Crippen molar-refractivity contribution in [1.82, 2.24) is 15.1 Å². The molecule has 0 saturated carbocycles. The number of aryl methyl sites for hydroxylation is 2. The van der Waals surface area contributed by atoms with Crippen molar-refractivity contribution in [3.05, 3.63) is 23.8 Å². The number of hydrogen-bond donors (Lipinski definition) is 1. The van der Waals surface area contributed by atoms with Gasteiger partial charge < -0.3 is 9.51 Å². The highest BCUT2D eigenvalue weighted by Gasteiger charge is 2.09. The van der Waals surface area contributed by atoms with Crippen LogP contribution in [0.5, 0.6) is 0 Å². The van der Waals surface area contributed by atoms with Gasteiger partial charge in [0.1, 0.15) is 23.5 Å². The van der Waals surface area contributed by atoms with Gasteiger partial charge in [-0.05, 0) is 6.92 Å². The number of rotatable bonds is 2. The van der Waals surface area contributed by atoms with Gasteiger partial charge in [-0.1, -0.05) is 12.1 Å². The number of nitrogens with zero attached hydrogens (tertiary/aromatic N) is 2. The minimum Gasteiger partial charge on any atom is -0.364 e. The second-order valence-corrected chi connectivity index (χ2v) is 2.90. The SMILES string of the molecule is CCc1nc(-c2ccon2)c(C)[nH]1. The maximum Gasteiger partial charge on any atom is 0.134 e. The zero-order chi connectivity index (χ0) is 9.26. The summed E-state index contributed by atoms with van der Waals surface area (Å²) >= 11 is 0. The van der Waals surface area contributed by atoms with E-state index in [1.54, 1.807) is 6.26 Å². The maximum absolute atomic E-state index is 4.76. The Hall–Kier alpha value is -1.58. The molecule has 0 unspecified atom stereocenters. The molecule has 2 aromatic rings. The summed E-state index contributed by atoms with van der Waals surface area (Å²) in [6.07, 6.45) is 2.45. The summed E-state index contributed by atoms with van der Waals surface area (Å²) in [4.78, 5) is 7.58. The third-order valence-electron chi connectivity index (χ3n) is 1.95. The van der Waals surface area contributed by atoms with Crippen LogP contribution in [0.15, 0.2) is 16.9 Å². The monoisotopic (exact) mass is 177 g/mol. The molecule has 13 heavy (non-hydrogen) atoms. The van der Waals surface area contributed by atoms with E-state index in [2.05, 4.69) is 22.0 Å². The lowest BCUT2D eigenvalue weighted by Gasteiger charge is -1.87. The first-order chi connectivity index (χ1) is 6.31. The summed E-state index contributed by atoms with van der Waals surface area (Å²) < 4.78 is 4.76. The quantitative estimate of drug-likeness (QED) is 0.762. The summed E-state index contributed by atoms with van der Waals surface area (Å²) in [6.45, 7) is 4.04. The molecule has 2 heterocycles. The van der Waals surface area contributed by atoms with Gasteiger partial charge in [0, 0.05) is 18.2 Å². The van der Waals surface area contributed by atoms with Crippen LogP contribution in [0.1, 0.15) is 18.4 Å². The molecular formula is C9H11N3O. The van der Waals surface area contributed by atoms with Gasteiger partial charge in [-0.3, -0.25) is 0 Å². The van der Waals surface area contributed by atoms with Gasteiger partial charge in [0.2, 0.25) is 0 Å². The minimum absolute atomic E-state index is 0.786. The van der Waals surface area contributed by atoms with Gasteiger partial charge >= 0.3 is 0 Å². The molecule has 0 aliphatic rings. The fourth-order valence-electron chi connectivity index (χ4n) is 1.27. The molecule has 0 radical (unpaired) electrons. The van der Waals surface area contributed by atoms with E-state index in [4.69, 9.17) is 4.52 Å². The number of aromatic amines is 1. The van der Waals surface area contributed by atoms with E-state index in [1.807, 2.05) is 13.0 Å². The van der Waals surface area contributed by atoms with Crippen molar-refractivity contribution in [3.63, 3.8) is 0 Å². The van der Waals surface area contributed by atoms with Crippen LogP contribution in [-0.4, -0.2) is 15.1 Å². The number of nitrogens with one attached hydrogen (secondary N) is 1. The molecule has 0 aliphatic heterocycles. The molecular weight excluding hydrogens is 166 g/mol. The Morgan fingerprint density at radius 2 is 2.38 bits per heavy atom. The van der Waals surface area contributed by atoms with Gasteiger partial charge in [-0.2, -0.15) is 0 Å². The van der Waals surface area contributed by atoms with Crippen molar-refractivity contribution >= 4 is 0 Å². The predicted octanol–water partition coefficient (Wildman–Crippen LogP) is 1.94. The average Bonchev–Trinajstić information content (AvgIpc) is 2.72. The molecule has 0 aliphatic carbocycles. The zero-order valence-corrected chi connectivity index (χ0v) is 7.66. The summed E-state index contributed by atoms with van der Waals surface area (Å²) in [5.41, 5.74) is 2.70. The van der Waals surface area contributed by atoms with E-state index in [9.17, 15) is 0 Å². The third kappa shape index (κ3) is 1.35. The molecule has 0 aromatic carbocycles. The summed E-state index contributed by atoms with van der Waals surface area (Å²) in [5.74, 6) is 0.982. The number of H-pyrrole nitrogens is 1. The Labute approximate surface area is 76.0 Å². The molecule has 0 atom stereocenters. The molecule has 68 valence electrons. The lowest BCUT2D eigenvalue weighted by Crippen LogP contribution is -1.81. The highest BCUT2D eigenvalue weighted by atomic mass is 16.5. The topological polar surface area (TPSA) is 54.7 Å². The largest absolute Gasteiger partial charge is 0.364 e. The predicted molar refractivity (Wildman–Crippen MR) is 48.2 cm³/mol. The molecule has 2 aromatic heterocycles. The second kappa shape index (κ2) is 3.05. The molecule has 0 fully saturated rings. The summed E-state index contributed by atoms with van der Waals surface area (Å²) in [5, 5.41) is 3.84. The van der Waals surface area contributed by atoms with Crippen LogP contribution in [-0.2, 0) is 6.42 Å². The highest BCUT2D eigenvalue weighted by molar-refractivity contribution is 5.56. The number of aromatic nitrogens is 3. The fraction of sp³-hybridized carbons (Fsp3) is 0.333. The van der Waals surface area contributed by atoms with E-state index in [0.29, 0.717) is 0 Å². The van der Waals surface area contributed by atoms with Crippen LogP contribution in [0.4, 0.5) is 0 Å². The normalized spacial score (nSPS) is 10.6. The van der Waals surface area contributed by atoms with Crippen molar-refractivity contribution in [1.29, 1.82) is 0 Å². The van der Waals surface area contributed by atoms with E-state index >= 15 is 0 Å². The van der Waals surface area contributed by atoms with E-state index in [-0.39, 0.29) is 0 Å². The van der Waals surface area contributed by atoms with Crippen molar-refractivity contribution in [2.45, 2.75) is 20.3 Å². The third-order valence-corrected chi connectivity index (χ3v) is 1.95. The van der Waals surface area contributed by atoms with Gasteiger partial charge in [0.05, 0.1) is 0 Å². The molecule has 0 saturated heterocycles. The highest BCUT2D eigenvalue weighted by Crippen LogP contribution is 2.18.